The highest BCUT2D eigenvalue weighted by Gasteiger charge is 2.73. The molecule has 2 aromatic carbocycles. The van der Waals surface area contributed by atoms with E-state index in [0.29, 0.717) is 0 Å². The second kappa shape index (κ2) is 8.88. The normalized spacial score (nSPS) is 28.7. The van der Waals surface area contributed by atoms with Crippen LogP contribution in [0.15, 0.2) is 42.5 Å². The lowest BCUT2D eigenvalue weighted by Gasteiger charge is -2.39. The Hall–Kier alpha value is -2.77. The number of fused-ring (bicyclic) bond motifs is 2. The van der Waals surface area contributed by atoms with E-state index in [1.54, 1.807) is 43.9 Å². The van der Waals surface area contributed by atoms with Gasteiger partial charge in [-0.2, -0.15) is 17.2 Å². The van der Waals surface area contributed by atoms with Crippen LogP contribution in [0.3, 0.4) is 0 Å². The van der Waals surface area contributed by atoms with E-state index < -0.39 is 79.8 Å². The first-order valence-electron chi connectivity index (χ1n) is 11.8. The van der Waals surface area contributed by atoms with Crippen molar-refractivity contribution in [3.63, 3.8) is 0 Å². The number of halogens is 2. The van der Waals surface area contributed by atoms with Crippen molar-refractivity contribution >= 4 is 50.5 Å². The third kappa shape index (κ3) is 4.24. The molecule has 3 fully saturated rings. The van der Waals surface area contributed by atoms with Crippen molar-refractivity contribution < 1.29 is 45.6 Å². The maximum Gasteiger partial charge on any atom is 0.402 e. The molecule has 0 radical (unpaired) electrons. The van der Waals surface area contributed by atoms with Crippen LogP contribution in [0.2, 0.25) is 0 Å². The van der Waals surface area contributed by atoms with Crippen molar-refractivity contribution in [3.8, 4) is 0 Å². The van der Waals surface area contributed by atoms with Crippen molar-refractivity contribution in [2.45, 2.75) is 54.2 Å². The summed E-state index contributed by atoms with van der Waals surface area (Å²) < 4.78 is 68.6. The number of carbonyl (C=O) groups excluding carboxylic acids is 3. The number of rotatable bonds is 6. The Bertz CT molecular complexity index is 1440. The molecule has 38 heavy (non-hydrogen) atoms. The van der Waals surface area contributed by atoms with Gasteiger partial charge in [-0.25, -0.2) is 4.79 Å². The monoisotopic (exact) mass is 569 g/mol. The number of amides is 1. The fourth-order valence-corrected chi connectivity index (χ4v) is 7.92. The first-order chi connectivity index (χ1) is 17.6. The maximum absolute atomic E-state index is 13.7. The van der Waals surface area contributed by atoms with E-state index in [1.807, 2.05) is 24.3 Å². The van der Waals surface area contributed by atoms with Crippen molar-refractivity contribution in [3.05, 3.63) is 48.0 Å². The van der Waals surface area contributed by atoms with Gasteiger partial charge in [-0.3, -0.25) is 14.1 Å². The van der Waals surface area contributed by atoms with E-state index in [2.05, 4.69) is 4.74 Å². The summed E-state index contributed by atoms with van der Waals surface area (Å²) in [6.07, 6.45) is -0.939. The Labute approximate surface area is 221 Å². The average Bonchev–Trinajstić information content (AvgIpc) is 3.44. The van der Waals surface area contributed by atoms with Crippen LogP contribution in [0.4, 0.5) is 8.78 Å². The molecular weight excluding hydrogens is 544 g/mol. The number of nitrogens with zero attached hydrogens (tertiary/aromatic N) is 1. The SMILES string of the molecule is CC(C)(C)N1C(=O)C2C3SC(C(OC(=O)c4ccc5ccccc5c4)C31)C2C(=O)OCC(F)(F)S(=O)(=O)O. The third-order valence-electron chi connectivity index (χ3n) is 7.21. The number of benzene rings is 2. The molecule has 204 valence electrons. The van der Waals surface area contributed by atoms with E-state index in [1.165, 1.54) is 11.8 Å². The van der Waals surface area contributed by atoms with Crippen molar-refractivity contribution in [1.82, 2.24) is 4.90 Å². The fourth-order valence-electron chi connectivity index (χ4n) is 5.64. The van der Waals surface area contributed by atoms with Crippen LogP contribution in [0.25, 0.3) is 10.8 Å². The lowest BCUT2D eigenvalue weighted by molar-refractivity contribution is -0.159. The lowest BCUT2D eigenvalue weighted by Crippen LogP contribution is -2.54. The van der Waals surface area contributed by atoms with Crippen LogP contribution in [0, 0.1) is 11.8 Å². The minimum absolute atomic E-state index is 0.270. The first kappa shape index (κ1) is 26.8. The summed E-state index contributed by atoms with van der Waals surface area (Å²) in [5, 5.41) is -4.21. The smallest absolute Gasteiger partial charge is 0.402 e. The summed E-state index contributed by atoms with van der Waals surface area (Å²) >= 11 is 1.26. The van der Waals surface area contributed by atoms with Gasteiger partial charge in [-0.05, 0) is 43.7 Å². The largest absolute Gasteiger partial charge is 0.458 e. The third-order valence-corrected chi connectivity index (χ3v) is 9.84. The number of carbonyl (C=O) groups is 3. The zero-order valence-corrected chi connectivity index (χ0v) is 22.2. The quantitative estimate of drug-likeness (QED) is 0.412. The van der Waals surface area contributed by atoms with Crippen LogP contribution in [-0.4, -0.2) is 75.8 Å². The fraction of sp³-hybridized carbons (Fsp3) is 0.480. The Morgan fingerprint density at radius 3 is 2.37 bits per heavy atom. The standard InChI is InChI=1S/C25H25F2NO8S2/c1-24(2,3)28-17-18(36-22(30)14-9-8-12-6-4-5-7-13(12)10-14)20-16(15(21(28)29)19(17)37-20)23(31)35-11-25(26,27)38(32,33)34/h4-10,15-20H,11H2,1-3H3,(H,32,33,34). The molecule has 0 aromatic heterocycles. The molecule has 3 heterocycles. The van der Waals surface area contributed by atoms with E-state index in [9.17, 15) is 31.6 Å². The molecule has 9 nitrogen and oxygen atoms in total. The summed E-state index contributed by atoms with van der Waals surface area (Å²) in [5.41, 5.74) is -0.430. The molecule has 0 spiro atoms. The van der Waals surface area contributed by atoms with Crippen LogP contribution in [0.5, 0.6) is 0 Å². The van der Waals surface area contributed by atoms with Gasteiger partial charge in [-0.1, -0.05) is 30.3 Å². The highest BCUT2D eigenvalue weighted by atomic mass is 32.2. The molecule has 6 unspecified atom stereocenters. The van der Waals surface area contributed by atoms with Crippen LogP contribution >= 0.6 is 11.8 Å². The van der Waals surface area contributed by atoms with Gasteiger partial charge >= 0.3 is 27.3 Å². The van der Waals surface area contributed by atoms with E-state index in [-0.39, 0.29) is 5.56 Å². The molecule has 6 atom stereocenters. The predicted octanol–water partition coefficient (Wildman–Crippen LogP) is 3.13. The van der Waals surface area contributed by atoms with E-state index in [4.69, 9.17) is 9.29 Å². The Balaban J connectivity index is 1.44. The number of likely N-dealkylation sites (tertiary alicyclic amines) is 1. The molecule has 1 N–H and O–H groups in total. The van der Waals surface area contributed by atoms with E-state index in [0.717, 1.165) is 10.8 Å². The first-order valence-corrected chi connectivity index (χ1v) is 14.2. The topological polar surface area (TPSA) is 127 Å². The van der Waals surface area contributed by atoms with Gasteiger partial charge in [0.15, 0.2) is 6.61 Å². The molecule has 3 aliphatic rings. The van der Waals surface area contributed by atoms with Gasteiger partial charge in [-0.15, -0.1) is 11.8 Å². The molecule has 3 aliphatic heterocycles. The lowest BCUT2D eigenvalue weighted by atomic mass is 9.78. The summed E-state index contributed by atoms with van der Waals surface area (Å²) in [5.74, 6) is -4.42. The van der Waals surface area contributed by atoms with Gasteiger partial charge in [0.05, 0.1) is 28.7 Å². The highest BCUT2D eigenvalue weighted by molar-refractivity contribution is 8.01. The van der Waals surface area contributed by atoms with Gasteiger partial charge in [0.1, 0.15) is 6.10 Å². The zero-order valence-electron chi connectivity index (χ0n) is 20.5. The summed E-state index contributed by atoms with van der Waals surface area (Å²) in [6.45, 7) is 3.50. The summed E-state index contributed by atoms with van der Waals surface area (Å²) in [4.78, 5) is 41.3. The number of hydrogen-bond donors (Lipinski definition) is 1. The van der Waals surface area contributed by atoms with Gasteiger partial charge < -0.3 is 14.4 Å². The molecule has 13 heteroatoms. The van der Waals surface area contributed by atoms with Crippen LogP contribution in [0.1, 0.15) is 31.1 Å². The number of hydrogen-bond acceptors (Lipinski definition) is 8. The Morgan fingerprint density at radius 1 is 1.08 bits per heavy atom. The van der Waals surface area contributed by atoms with Crippen LogP contribution < -0.4 is 0 Å². The number of thioether (sulfide) groups is 1. The van der Waals surface area contributed by atoms with Gasteiger partial charge in [0, 0.05) is 10.8 Å². The maximum atomic E-state index is 13.7. The second-order valence-corrected chi connectivity index (χ2v) is 13.5. The summed E-state index contributed by atoms with van der Waals surface area (Å²) in [6, 6.07) is 11.9. The summed E-state index contributed by atoms with van der Waals surface area (Å²) in [7, 11) is -5.81. The van der Waals surface area contributed by atoms with Gasteiger partial charge in [0.25, 0.3) is 0 Å². The number of esters is 2. The number of ether oxygens (including phenoxy) is 2. The van der Waals surface area contributed by atoms with Crippen molar-refractivity contribution in [1.29, 1.82) is 0 Å². The molecule has 1 amide bonds. The molecule has 0 saturated carbocycles. The Kier molecular flexibility index (Phi) is 6.27. The molecule has 2 bridgehead atoms. The second-order valence-electron chi connectivity index (χ2n) is 10.6. The molecular formula is C25H25F2NO8S2. The van der Waals surface area contributed by atoms with Gasteiger partial charge in [0.2, 0.25) is 5.91 Å². The molecule has 5 rings (SSSR count). The zero-order chi connectivity index (χ0) is 27.8. The molecule has 2 aromatic rings. The molecule has 0 aliphatic carbocycles. The highest BCUT2D eigenvalue weighted by Crippen LogP contribution is 2.61. The number of alkyl halides is 2. The molecule has 3 saturated heterocycles. The average molecular weight is 570 g/mol. The minimum Gasteiger partial charge on any atom is -0.458 e. The van der Waals surface area contributed by atoms with Crippen LogP contribution in [-0.2, 0) is 29.2 Å². The van der Waals surface area contributed by atoms with E-state index >= 15 is 0 Å². The minimum atomic E-state index is -5.81. The van der Waals surface area contributed by atoms with Crippen molar-refractivity contribution in [2.24, 2.45) is 11.8 Å². The predicted molar refractivity (Wildman–Crippen MR) is 133 cm³/mol. The van der Waals surface area contributed by atoms with Crippen molar-refractivity contribution in [2.75, 3.05) is 6.61 Å². The Morgan fingerprint density at radius 2 is 1.74 bits per heavy atom.